The molecule has 0 spiro atoms. The molecule has 6 rings (SSSR count). The van der Waals surface area contributed by atoms with Crippen molar-refractivity contribution in [1.82, 2.24) is 9.78 Å². The fourth-order valence-electron chi connectivity index (χ4n) is 8.60. The average Bonchev–Trinajstić information content (AvgIpc) is 3.46. The molecule has 1 N–H and O–H groups in total. The Labute approximate surface area is 253 Å². The topological polar surface area (TPSA) is 46.9 Å². The van der Waals surface area contributed by atoms with Gasteiger partial charge in [0.15, 0.2) is 5.78 Å². The maximum absolute atomic E-state index is 14.7. The molecule has 3 aromatic rings. The normalized spacial score (nSPS) is 21.7. The number of alkyl halides is 3. The van der Waals surface area contributed by atoms with E-state index in [-0.39, 0.29) is 29.2 Å². The number of anilines is 1. The van der Waals surface area contributed by atoms with Gasteiger partial charge in [0.25, 0.3) is 0 Å². The van der Waals surface area contributed by atoms with Crippen LogP contribution in [0.25, 0.3) is 0 Å². The number of nitrogens with zero attached hydrogens (tertiary/aromatic N) is 2. The van der Waals surface area contributed by atoms with Crippen molar-refractivity contribution in [2.24, 2.45) is 11.8 Å². The summed E-state index contributed by atoms with van der Waals surface area (Å²) in [5.41, 5.74) is 1.25. The van der Waals surface area contributed by atoms with Gasteiger partial charge in [-0.25, -0.2) is 4.68 Å². The number of fused-ring (bicyclic) bond motifs is 1. The predicted octanol–water partition coefficient (Wildman–Crippen LogP) is 9.87. The van der Waals surface area contributed by atoms with Crippen molar-refractivity contribution < 1.29 is 18.0 Å². The highest BCUT2D eigenvalue weighted by atomic mass is 19.4. The van der Waals surface area contributed by atoms with E-state index in [9.17, 15) is 18.0 Å². The molecule has 1 unspecified atom stereocenters. The number of aromatic nitrogens is 2. The highest BCUT2D eigenvalue weighted by molar-refractivity contribution is 6.01. The Bertz CT molecular complexity index is 1380. The van der Waals surface area contributed by atoms with Gasteiger partial charge in [0.1, 0.15) is 5.82 Å². The van der Waals surface area contributed by atoms with Gasteiger partial charge in [0.2, 0.25) is 0 Å². The van der Waals surface area contributed by atoms with Gasteiger partial charge in [-0.1, -0.05) is 81.0 Å². The summed E-state index contributed by atoms with van der Waals surface area (Å²) in [4.78, 5) is 14.7. The molecule has 4 nitrogen and oxygen atoms in total. The molecular weight excluding hydrogens is 547 g/mol. The third kappa shape index (κ3) is 5.76. The lowest BCUT2D eigenvalue weighted by Crippen LogP contribution is -2.46. The number of rotatable bonds is 7. The molecule has 2 aliphatic carbocycles. The molecule has 2 heterocycles. The first-order valence-electron chi connectivity index (χ1n) is 16.2. The van der Waals surface area contributed by atoms with E-state index >= 15 is 0 Å². The van der Waals surface area contributed by atoms with Crippen LogP contribution in [0.5, 0.6) is 0 Å². The van der Waals surface area contributed by atoms with Gasteiger partial charge in [-0.05, 0) is 81.0 Å². The third-order valence-corrected chi connectivity index (χ3v) is 10.7. The monoisotopic (exact) mass is 591 g/mol. The summed E-state index contributed by atoms with van der Waals surface area (Å²) in [5.74, 6) is 1.31. The molecule has 3 aliphatic rings. The van der Waals surface area contributed by atoms with Crippen LogP contribution in [-0.2, 0) is 17.1 Å². The van der Waals surface area contributed by atoms with Crippen LogP contribution in [0.15, 0.2) is 60.8 Å². The van der Waals surface area contributed by atoms with Gasteiger partial charge < -0.3 is 5.32 Å². The lowest BCUT2D eigenvalue weighted by atomic mass is 9.54. The van der Waals surface area contributed by atoms with Gasteiger partial charge in [0.05, 0.1) is 28.9 Å². The zero-order valence-corrected chi connectivity index (χ0v) is 25.4. The van der Waals surface area contributed by atoms with Crippen molar-refractivity contribution in [2.75, 3.05) is 5.32 Å². The van der Waals surface area contributed by atoms with Crippen molar-refractivity contribution in [2.45, 2.75) is 114 Å². The summed E-state index contributed by atoms with van der Waals surface area (Å²) in [6.07, 6.45) is 9.27. The van der Waals surface area contributed by atoms with Crippen LogP contribution in [0.4, 0.5) is 19.0 Å². The molecular formula is C36H44F3N3O. The van der Waals surface area contributed by atoms with Crippen LogP contribution < -0.4 is 5.32 Å². The fraction of sp³-hybridized carbons (Fsp3) is 0.556. The first kappa shape index (κ1) is 30.0. The van der Waals surface area contributed by atoms with E-state index in [1.807, 2.05) is 22.9 Å². The van der Waals surface area contributed by atoms with Crippen molar-refractivity contribution in [3.63, 3.8) is 0 Å². The van der Waals surface area contributed by atoms with Gasteiger partial charge in [-0.2, -0.15) is 18.3 Å². The summed E-state index contributed by atoms with van der Waals surface area (Å²) in [5, 5.41) is 8.40. The van der Waals surface area contributed by atoms with E-state index in [1.54, 1.807) is 18.3 Å². The molecule has 0 saturated heterocycles. The number of benzene rings is 2. The first-order chi connectivity index (χ1) is 20.6. The number of carbonyl (C=O) groups excluding carboxylic acids is 1. The standard InChI is InChI=1S/C36H44F3N3O/c1-34(2)22-31(25-12-6-3-7-13-25)41-33-30(24-40-42(33)34)32(43)23-35(26-14-8-4-9-15-26,27-16-10-5-11-17-27)28-18-20-29(21-19-28)36(37,38)39/h3,6-7,12-13,18-21,24,26-27,31,41H,4-5,8-11,14-17,22-23H2,1-2H3. The Kier molecular flexibility index (Phi) is 8.20. The Hall–Kier alpha value is -3.09. The van der Waals surface area contributed by atoms with Crippen molar-refractivity contribution in [1.29, 1.82) is 0 Å². The number of hydrogen-bond donors (Lipinski definition) is 1. The molecule has 1 aromatic heterocycles. The molecule has 1 atom stereocenters. The number of carbonyl (C=O) groups is 1. The lowest BCUT2D eigenvalue weighted by Gasteiger charge is -2.50. The molecule has 2 fully saturated rings. The van der Waals surface area contributed by atoms with Crippen molar-refractivity contribution in [3.8, 4) is 0 Å². The molecule has 0 amide bonds. The van der Waals surface area contributed by atoms with Crippen LogP contribution in [-0.4, -0.2) is 15.6 Å². The van der Waals surface area contributed by atoms with Crippen LogP contribution in [0, 0.1) is 11.8 Å². The van der Waals surface area contributed by atoms with Gasteiger partial charge in [0, 0.05) is 11.8 Å². The number of nitrogens with one attached hydrogen (secondary N) is 1. The van der Waals surface area contributed by atoms with E-state index in [1.165, 1.54) is 30.5 Å². The highest BCUT2D eigenvalue weighted by Crippen LogP contribution is 2.54. The number of ketones is 1. The van der Waals surface area contributed by atoms with Gasteiger partial charge in [-0.15, -0.1) is 0 Å². The molecule has 0 radical (unpaired) electrons. The minimum Gasteiger partial charge on any atom is -0.363 e. The lowest BCUT2D eigenvalue weighted by molar-refractivity contribution is -0.137. The number of Topliss-reactive ketones (excluding diaryl/α,β-unsaturated/α-hetero) is 1. The van der Waals surface area contributed by atoms with Crippen LogP contribution in [0.3, 0.4) is 0 Å². The summed E-state index contributed by atoms with van der Waals surface area (Å²) in [6, 6.07) is 16.2. The summed E-state index contributed by atoms with van der Waals surface area (Å²) in [6.45, 7) is 4.32. The maximum atomic E-state index is 14.7. The number of hydrogen-bond acceptors (Lipinski definition) is 3. The quantitative estimate of drug-likeness (QED) is 0.278. The summed E-state index contributed by atoms with van der Waals surface area (Å²) >= 11 is 0. The Morgan fingerprint density at radius 3 is 1.98 bits per heavy atom. The Morgan fingerprint density at radius 2 is 1.42 bits per heavy atom. The first-order valence-corrected chi connectivity index (χ1v) is 16.2. The van der Waals surface area contributed by atoms with E-state index in [0.29, 0.717) is 12.0 Å². The molecule has 230 valence electrons. The fourth-order valence-corrected chi connectivity index (χ4v) is 8.60. The molecule has 2 aromatic carbocycles. The van der Waals surface area contributed by atoms with Crippen molar-refractivity contribution >= 4 is 11.6 Å². The maximum Gasteiger partial charge on any atom is 0.416 e. The SMILES string of the molecule is CC1(C)CC(c2ccccc2)Nc2c(C(=O)CC(c3ccc(C(F)(F)F)cc3)(C3CCCCC3)C3CCCCC3)cnn21. The zero-order chi connectivity index (χ0) is 30.2. The Balaban J connectivity index is 1.42. The summed E-state index contributed by atoms with van der Waals surface area (Å²) < 4.78 is 42.8. The van der Waals surface area contributed by atoms with Crippen LogP contribution in [0.2, 0.25) is 0 Å². The van der Waals surface area contributed by atoms with E-state index < -0.39 is 17.2 Å². The minimum absolute atomic E-state index is 0.0364. The second-order valence-corrected chi connectivity index (χ2v) is 13.8. The highest BCUT2D eigenvalue weighted by Gasteiger charge is 2.49. The Morgan fingerprint density at radius 1 is 0.860 bits per heavy atom. The molecule has 7 heteroatoms. The number of halogens is 3. The smallest absolute Gasteiger partial charge is 0.363 e. The molecule has 2 saturated carbocycles. The summed E-state index contributed by atoms with van der Waals surface area (Å²) in [7, 11) is 0. The molecule has 1 aliphatic heterocycles. The zero-order valence-electron chi connectivity index (χ0n) is 25.4. The van der Waals surface area contributed by atoms with Crippen LogP contribution in [0.1, 0.15) is 124 Å². The van der Waals surface area contributed by atoms with E-state index in [0.717, 1.165) is 69.2 Å². The van der Waals surface area contributed by atoms with Crippen LogP contribution >= 0.6 is 0 Å². The molecule has 0 bridgehead atoms. The van der Waals surface area contributed by atoms with Crippen molar-refractivity contribution in [3.05, 3.63) is 83.0 Å². The van der Waals surface area contributed by atoms with E-state index in [2.05, 4.69) is 31.3 Å². The second-order valence-electron chi connectivity index (χ2n) is 13.8. The molecule has 43 heavy (non-hydrogen) atoms. The predicted molar refractivity (Wildman–Crippen MR) is 164 cm³/mol. The van der Waals surface area contributed by atoms with E-state index in [4.69, 9.17) is 5.10 Å². The minimum atomic E-state index is -4.39. The van der Waals surface area contributed by atoms with Gasteiger partial charge in [-0.3, -0.25) is 4.79 Å². The third-order valence-electron chi connectivity index (χ3n) is 10.7. The second kappa shape index (κ2) is 11.8. The van der Waals surface area contributed by atoms with Gasteiger partial charge >= 0.3 is 6.18 Å². The average molecular weight is 592 g/mol. The largest absolute Gasteiger partial charge is 0.416 e.